The van der Waals surface area contributed by atoms with Crippen LogP contribution in [0.4, 0.5) is 4.79 Å². The first-order valence-electron chi connectivity index (χ1n) is 13.2. The summed E-state index contributed by atoms with van der Waals surface area (Å²) in [7, 11) is 0. The molecule has 6 rings (SSSR count). The van der Waals surface area contributed by atoms with Crippen molar-refractivity contribution in [3.63, 3.8) is 0 Å². The average Bonchev–Trinajstić information content (AvgIpc) is 3.26. The van der Waals surface area contributed by atoms with Gasteiger partial charge in [-0.3, -0.25) is 19.7 Å². The molecule has 1 N–H and O–H groups in total. The maximum Gasteiger partial charge on any atom is 0.408 e. The lowest BCUT2D eigenvalue weighted by Crippen LogP contribution is -2.52. The minimum atomic E-state index is -0.544. The number of dihydropyridines is 1. The van der Waals surface area contributed by atoms with Crippen molar-refractivity contribution in [2.75, 3.05) is 6.54 Å². The number of amidine groups is 1. The van der Waals surface area contributed by atoms with Crippen molar-refractivity contribution in [3.05, 3.63) is 89.6 Å². The predicted molar refractivity (Wildman–Crippen MR) is 148 cm³/mol. The first kappa shape index (κ1) is 24.3. The second-order valence-electron chi connectivity index (χ2n) is 11.4. The van der Waals surface area contributed by atoms with Gasteiger partial charge in [0, 0.05) is 17.3 Å². The number of nitrogens with one attached hydrogen (secondary N) is 1. The highest BCUT2D eigenvalue weighted by atomic mass is 16.6. The van der Waals surface area contributed by atoms with Crippen molar-refractivity contribution in [2.45, 2.75) is 57.2 Å². The zero-order valence-electron chi connectivity index (χ0n) is 22.0. The number of carbonyl (C=O) groups is 2. The van der Waals surface area contributed by atoms with Crippen molar-refractivity contribution in [1.29, 1.82) is 0 Å². The lowest BCUT2D eigenvalue weighted by Gasteiger charge is -2.43. The molecule has 2 unspecified atom stereocenters. The fourth-order valence-electron chi connectivity index (χ4n) is 5.62. The summed E-state index contributed by atoms with van der Waals surface area (Å²) in [4.78, 5) is 36.2. The Balaban J connectivity index is 1.33. The van der Waals surface area contributed by atoms with Crippen LogP contribution in [0.2, 0.25) is 0 Å². The Bertz CT molecular complexity index is 1390. The molecule has 0 spiro atoms. The second kappa shape index (κ2) is 9.08. The molecule has 194 valence electrons. The molecule has 7 nitrogen and oxygen atoms in total. The number of alkyl carbamates (subject to hydrolysis) is 1. The van der Waals surface area contributed by atoms with E-state index in [0.29, 0.717) is 0 Å². The summed E-state index contributed by atoms with van der Waals surface area (Å²) in [5.74, 6) is 0.690. The minimum absolute atomic E-state index is 0.000332. The molecule has 3 heterocycles. The number of ether oxygens (including phenoxy) is 1. The Labute approximate surface area is 223 Å². The fraction of sp³-hybridized carbons (Fsp3) is 0.355. The molecule has 1 saturated carbocycles. The number of fused-ring (bicyclic) bond motifs is 3. The third-order valence-corrected chi connectivity index (χ3v) is 7.61. The lowest BCUT2D eigenvalue weighted by atomic mass is 9.71. The quantitative estimate of drug-likeness (QED) is 0.614. The van der Waals surface area contributed by atoms with Crippen molar-refractivity contribution >= 4 is 29.1 Å². The fourth-order valence-corrected chi connectivity index (χ4v) is 5.62. The molecule has 1 aliphatic carbocycles. The van der Waals surface area contributed by atoms with Crippen molar-refractivity contribution in [2.24, 2.45) is 15.9 Å². The molecule has 4 aliphatic rings. The van der Waals surface area contributed by atoms with Crippen molar-refractivity contribution < 1.29 is 14.3 Å². The summed E-state index contributed by atoms with van der Waals surface area (Å²) in [6, 6.07) is 18.5. The van der Waals surface area contributed by atoms with E-state index in [9.17, 15) is 9.59 Å². The van der Waals surface area contributed by atoms with Crippen molar-refractivity contribution in [3.8, 4) is 0 Å². The number of benzene rings is 2. The van der Waals surface area contributed by atoms with Gasteiger partial charge in [0.1, 0.15) is 18.0 Å². The van der Waals surface area contributed by atoms with Gasteiger partial charge in [0.25, 0.3) is 5.91 Å². The van der Waals surface area contributed by atoms with E-state index < -0.39 is 11.1 Å². The zero-order chi connectivity index (χ0) is 26.5. The Kier molecular flexibility index (Phi) is 5.82. The van der Waals surface area contributed by atoms with Crippen LogP contribution in [0.5, 0.6) is 0 Å². The largest absolute Gasteiger partial charge is 0.444 e. The Morgan fingerprint density at radius 2 is 1.79 bits per heavy atom. The van der Waals surface area contributed by atoms with Gasteiger partial charge >= 0.3 is 6.09 Å². The van der Waals surface area contributed by atoms with Crippen LogP contribution in [0.25, 0.3) is 5.57 Å². The molecular weight excluding hydrogens is 476 g/mol. The molecule has 0 bridgehead atoms. The SMILES string of the molecule is CC(C)(C)OC(=O)NC1(c2ccc(C3=NC4C=CN5C(=O)CN=C5C4C=C3c3ccccc3)cc2)CCC1. The maximum atomic E-state index is 12.6. The van der Waals surface area contributed by atoms with Gasteiger partial charge in [-0.15, -0.1) is 0 Å². The number of hydrogen-bond donors (Lipinski definition) is 1. The highest BCUT2D eigenvalue weighted by Gasteiger charge is 2.42. The molecule has 38 heavy (non-hydrogen) atoms. The summed E-state index contributed by atoms with van der Waals surface area (Å²) in [6.07, 6.45) is 8.45. The number of aliphatic imine (C=N–C) groups is 2. The van der Waals surface area contributed by atoms with Gasteiger partial charge in [-0.1, -0.05) is 60.7 Å². The molecule has 2 atom stereocenters. The molecule has 2 aromatic carbocycles. The molecule has 0 radical (unpaired) electrons. The van der Waals surface area contributed by atoms with E-state index in [-0.39, 0.29) is 30.5 Å². The Morgan fingerprint density at radius 3 is 2.45 bits per heavy atom. The van der Waals surface area contributed by atoms with E-state index in [1.54, 1.807) is 4.90 Å². The van der Waals surface area contributed by atoms with Crippen molar-refractivity contribution in [1.82, 2.24) is 10.2 Å². The smallest absolute Gasteiger partial charge is 0.408 e. The van der Waals surface area contributed by atoms with Gasteiger partial charge in [-0.05, 0) is 57.2 Å². The average molecular weight is 509 g/mol. The van der Waals surface area contributed by atoms with E-state index in [0.717, 1.165) is 53.1 Å². The normalized spacial score (nSPS) is 23.4. The van der Waals surface area contributed by atoms with Crippen LogP contribution in [-0.4, -0.2) is 46.6 Å². The first-order chi connectivity index (χ1) is 18.2. The monoisotopic (exact) mass is 508 g/mol. The van der Waals surface area contributed by atoms with Gasteiger partial charge in [0.2, 0.25) is 0 Å². The van der Waals surface area contributed by atoms with Crippen LogP contribution >= 0.6 is 0 Å². The summed E-state index contributed by atoms with van der Waals surface area (Å²) in [5, 5.41) is 3.14. The van der Waals surface area contributed by atoms with Gasteiger partial charge in [0.05, 0.1) is 23.2 Å². The predicted octanol–water partition coefficient (Wildman–Crippen LogP) is 5.23. The summed E-state index contributed by atoms with van der Waals surface area (Å²) in [5.41, 5.74) is 4.15. The molecule has 0 aromatic heterocycles. The van der Waals surface area contributed by atoms with Crippen LogP contribution in [-0.2, 0) is 15.1 Å². The number of carbonyl (C=O) groups excluding carboxylic acids is 2. The number of allylic oxidation sites excluding steroid dienone is 1. The second-order valence-corrected chi connectivity index (χ2v) is 11.4. The standard InChI is InChI=1S/C31H32N4O3/c1-30(2,3)38-29(37)34-31(15-7-16-31)22-12-10-21(11-13-22)27-23(20-8-5-4-6-9-20)18-24-25(33-27)14-17-35-26(36)19-32-28(24)35/h4-6,8-14,17-18,24-25H,7,15-16,19H2,1-3H3,(H,34,37). The van der Waals surface area contributed by atoms with Crippen LogP contribution < -0.4 is 5.32 Å². The number of nitrogens with zero attached hydrogens (tertiary/aromatic N) is 3. The summed E-state index contributed by atoms with van der Waals surface area (Å²) in [6.45, 7) is 5.81. The van der Waals surface area contributed by atoms with E-state index in [1.807, 2.05) is 51.2 Å². The van der Waals surface area contributed by atoms with Gasteiger partial charge < -0.3 is 10.1 Å². The van der Waals surface area contributed by atoms with Gasteiger partial charge in [-0.2, -0.15) is 0 Å². The third-order valence-electron chi connectivity index (χ3n) is 7.61. The van der Waals surface area contributed by atoms with E-state index in [1.165, 1.54) is 0 Å². The lowest BCUT2D eigenvalue weighted by molar-refractivity contribution is -0.123. The third kappa shape index (κ3) is 4.36. The molecule has 2 amide bonds. The van der Waals surface area contributed by atoms with Crippen LogP contribution in [0, 0.1) is 5.92 Å². The number of amides is 2. The van der Waals surface area contributed by atoms with Crippen LogP contribution in [0.3, 0.4) is 0 Å². The van der Waals surface area contributed by atoms with E-state index in [2.05, 4.69) is 52.8 Å². The zero-order valence-corrected chi connectivity index (χ0v) is 22.0. The Morgan fingerprint density at radius 1 is 1.05 bits per heavy atom. The van der Waals surface area contributed by atoms with Gasteiger partial charge in [0.15, 0.2) is 0 Å². The number of rotatable bonds is 4. The summed E-state index contributed by atoms with van der Waals surface area (Å²) >= 11 is 0. The minimum Gasteiger partial charge on any atom is -0.444 e. The Hall–Kier alpha value is -4.00. The van der Waals surface area contributed by atoms with Crippen LogP contribution in [0.1, 0.15) is 56.7 Å². The van der Waals surface area contributed by atoms with E-state index in [4.69, 9.17) is 9.73 Å². The highest BCUT2D eigenvalue weighted by Crippen LogP contribution is 2.42. The molecule has 2 aromatic rings. The highest BCUT2D eigenvalue weighted by molar-refractivity contribution is 6.33. The topological polar surface area (TPSA) is 83.4 Å². The molecule has 7 heteroatoms. The molecule has 1 fully saturated rings. The van der Waals surface area contributed by atoms with Crippen LogP contribution in [0.15, 0.2) is 82.9 Å². The molecule has 3 aliphatic heterocycles. The van der Waals surface area contributed by atoms with E-state index >= 15 is 0 Å². The molecule has 0 saturated heterocycles. The number of hydrogen-bond acceptors (Lipinski definition) is 5. The maximum absolute atomic E-state index is 12.6. The molecular formula is C31H32N4O3. The van der Waals surface area contributed by atoms with Gasteiger partial charge in [-0.25, -0.2) is 4.79 Å². The first-order valence-corrected chi connectivity index (χ1v) is 13.2. The summed E-state index contributed by atoms with van der Waals surface area (Å²) < 4.78 is 5.54.